The van der Waals surface area contributed by atoms with Gasteiger partial charge in [0.05, 0.1) is 12.7 Å². The van der Waals surface area contributed by atoms with Gasteiger partial charge in [0.1, 0.15) is 0 Å². The summed E-state index contributed by atoms with van der Waals surface area (Å²) in [6.45, 7) is 6.82. The molecule has 1 fully saturated rings. The monoisotopic (exact) mass is 229 g/mol. The zero-order valence-electron chi connectivity index (χ0n) is 10.4. The highest BCUT2D eigenvalue weighted by atomic mass is 16.5. The first-order valence-electron chi connectivity index (χ1n) is 5.84. The first-order valence-corrected chi connectivity index (χ1v) is 5.84. The maximum Gasteiger partial charge on any atom is 0.224 e. The van der Waals surface area contributed by atoms with E-state index in [1.165, 1.54) is 0 Å². The molecule has 3 unspecified atom stereocenters. The molecule has 0 bridgehead atoms. The van der Waals surface area contributed by atoms with Crippen molar-refractivity contribution in [3.8, 4) is 0 Å². The summed E-state index contributed by atoms with van der Waals surface area (Å²) in [4.78, 5) is 13.9. The van der Waals surface area contributed by atoms with E-state index in [0.29, 0.717) is 6.54 Å². The number of nitrogens with one attached hydrogen (secondary N) is 1. The fraction of sp³-hybridized carbons (Fsp3) is 0.909. The van der Waals surface area contributed by atoms with Crippen molar-refractivity contribution in [2.45, 2.75) is 26.0 Å². The number of nitrogens with zero attached hydrogens (tertiary/aromatic N) is 1. The Morgan fingerprint density at radius 1 is 1.62 bits per heavy atom. The van der Waals surface area contributed by atoms with Crippen LogP contribution in [0.3, 0.4) is 0 Å². The van der Waals surface area contributed by atoms with E-state index in [2.05, 4.69) is 17.3 Å². The maximum absolute atomic E-state index is 11.6. The van der Waals surface area contributed by atoms with Crippen molar-refractivity contribution >= 4 is 5.91 Å². The van der Waals surface area contributed by atoms with Gasteiger partial charge in [-0.05, 0) is 14.0 Å². The Kier molecular flexibility index (Phi) is 5.18. The van der Waals surface area contributed by atoms with Crippen LogP contribution >= 0.6 is 0 Å². The number of hydrogen-bond acceptors (Lipinski definition) is 4. The van der Waals surface area contributed by atoms with Crippen molar-refractivity contribution < 1.29 is 9.53 Å². The lowest BCUT2D eigenvalue weighted by Gasteiger charge is -2.30. The van der Waals surface area contributed by atoms with Gasteiger partial charge in [-0.3, -0.25) is 4.79 Å². The molecule has 1 aliphatic heterocycles. The maximum atomic E-state index is 11.6. The molecule has 0 aliphatic carbocycles. The number of morpholine rings is 1. The third kappa shape index (κ3) is 4.08. The van der Waals surface area contributed by atoms with Gasteiger partial charge in [-0.15, -0.1) is 0 Å². The lowest BCUT2D eigenvalue weighted by Crippen LogP contribution is -2.48. The highest BCUT2D eigenvalue weighted by molar-refractivity contribution is 5.78. The normalized spacial score (nSPS) is 26.1. The molecule has 94 valence electrons. The van der Waals surface area contributed by atoms with Crippen LogP contribution < -0.4 is 11.1 Å². The Labute approximate surface area is 97.3 Å². The molecule has 0 aromatic carbocycles. The summed E-state index contributed by atoms with van der Waals surface area (Å²) in [5.74, 6) is -0.145. The highest BCUT2D eigenvalue weighted by Crippen LogP contribution is 2.03. The van der Waals surface area contributed by atoms with Crippen LogP contribution in [0.1, 0.15) is 13.8 Å². The van der Waals surface area contributed by atoms with Crippen LogP contribution in [0.4, 0.5) is 0 Å². The minimum absolute atomic E-state index is 0.00632. The van der Waals surface area contributed by atoms with Crippen LogP contribution in [-0.2, 0) is 9.53 Å². The van der Waals surface area contributed by atoms with Crippen molar-refractivity contribution in [2.24, 2.45) is 11.7 Å². The van der Waals surface area contributed by atoms with Crippen molar-refractivity contribution in [2.75, 3.05) is 33.3 Å². The van der Waals surface area contributed by atoms with E-state index in [1.54, 1.807) is 0 Å². The van der Waals surface area contributed by atoms with Crippen LogP contribution in [0, 0.1) is 5.92 Å². The Bertz CT molecular complexity index is 233. The predicted octanol–water partition coefficient (Wildman–Crippen LogP) is -0.583. The second kappa shape index (κ2) is 6.18. The number of hydrogen-bond donors (Lipinski definition) is 2. The van der Waals surface area contributed by atoms with Crippen molar-refractivity contribution in [1.82, 2.24) is 10.2 Å². The number of amides is 1. The Hall–Kier alpha value is -0.650. The van der Waals surface area contributed by atoms with E-state index in [4.69, 9.17) is 10.5 Å². The molecule has 1 saturated heterocycles. The molecular weight excluding hydrogens is 206 g/mol. The molecule has 0 aromatic heterocycles. The van der Waals surface area contributed by atoms with Crippen LogP contribution in [0.5, 0.6) is 0 Å². The summed E-state index contributed by atoms with van der Waals surface area (Å²) in [6, 6.07) is -0.116. The quantitative estimate of drug-likeness (QED) is 0.676. The van der Waals surface area contributed by atoms with E-state index < -0.39 is 0 Å². The molecule has 0 saturated carbocycles. The van der Waals surface area contributed by atoms with Crippen molar-refractivity contribution in [3.05, 3.63) is 0 Å². The zero-order chi connectivity index (χ0) is 12.1. The van der Waals surface area contributed by atoms with Gasteiger partial charge in [-0.1, -0.05) is 6.92 Å². The summed E-state index contributed by atoms with van der Waals surface area (Å²) in [5, 5.41) is 2.88. The number of ether oxygens (including phenoxy) is 1. The van der Waals surface area contributed by atoms with Gasteiger partial charge >= 0.3 is 0 Å². The second-order valence-corrected chi connectivity index (χ2v) is 4.65. The molecule has 0 spiro atoms. The van der Waals surface area contributed by atoms with Gasteiger partial charge in [0.2, 0.25) is 5.91 Å². The van der Waals surface area contributed by atoms with Gasteiger partial charge in [-0.2, -0.15) is 0 Å². The third-order valence-electron chi connectivity index (χ3n) is 3.05. The lowest BCUT2D eigenvalue weighted by molar-refractivity contribution is -0.126. The Morgan fingerprint density at radius 3 is 2.88 bits per heavy atom. The van der Waals surface area contributed by atoms with Crippen molar-refractivity contribution in [3.63, 3.8) is 0 Å². The lowest BCUT2D eigenvalue weighted by atomic mass is 10.0. The van der Waals surface area contributed by atoms with Crippen LogP contribution in [0.25, 0.3) is 0 Å². The van der Waals surface area contributed by atoms with Crippen LogP contribution in [0.2, 0.25) is 0 Å². The van der Waals surface area contributed by atoms with Gasteiger partial charge in [0.25, 0.3) is 0 Å². The van der Waals surface area contributed by atoms with Crippen molar-refractivity contribution in [1.29, 1.82) is 0 Å². The zero-order valence-corrected chi connectivity index (χ0v) is 10.4. The number of carbonyl (C=O) groups is 1. The molecule has 16 heavy (non-hydrogen) atoms. The minimum atomic E-state index is -0.152. The molecule has 1 heterocycles. The largest absolute Gasteiger partial charge is 0.374 e. The van der Waals surface area contributed by atoms with E-state index in [1.807, 2.05) is 13.8 Å². The van der Waals surface area contributed by atoms with Gasteiger partial charge in [0, 0.05) is 31.6 Å². The second-order valence-electron chi connectivity index (χ2n) is 4.65. The molecular formula is C11H23N3O2. The predicted molar refractivity (Wildman–Crippen MR) is 63.1 cm³/mol. The molecule has 1 rings (SSSR count). The van der Waals surface area contributed by atoms with E-state index in [0.717, 1.165) is 19.7 Å². The van der Waals surface area contributed by atoms with Gasteiger partial charge in [-0.25, -0.2) is 0 Å². The average molecular weight is 229 g/mol. The standard InChI is InChI=1S/C11H23N3O2/c1-8(9(2)12)11(15)13-6-10-7-14(3)4-5-16-10/h8-10H,4-7,12H2,1-3H3,(H,13,15). The first-order chi connectivity index (χ1) is 7.50. The molecule has 5 nitrogen and oxygen atoms in total. The fourth-order valence-corrected chi connectivity index (χ4v) is 1.60. The van der Waals surface area contributed by atoms with Gasteiger partial charge in [0.15, 0.2) is 0 Å². The summed E-state index contributed by atoms with van der Waals surface area (Å²) in [5.41, 5.74) is 5.67. The Balaban J connectivity index is 2.25. The number of likely N-dealkylation sites (N-methyl/N-ethyl adjacent to an activating group) is 1. The molecule has 3 N–H and O–H groups in total. The number of nitrogens with two attached hydrogens (primary N) is 1. The Morgan fingerprint density at radius 2 is 2.31 bits per heavy atom. The number of carbonyl (C=O) groups excluding carboxylic acids is 1. The third-order valence-corrected chi connectivity index (χ3v) is 3.05. The smallest absolute Gasteiger partial charge is 0.224 e. The molecule has 1 amide bonds. The van der Waals surface area contributed by atoms with Crippen LogP contribution in [0.15, 0.2) is 0 Å². The first kappa shape index (κ1) is 13.4. The van der Waals surface area contributed by atoms with E-state index >= 15 is 0 Å². The minimum Gasteiger partial charge on any atom is -0.374 e. The molecule has 1 aliphatic rings. The summed E-state index contributed by atoms with van der Waals surface area (Å²) >= 11 is 0. The molecule has 5 heteroatoms. The average Bonchev–Trinajstić information content (AvgIpc) is 2.24. The molecule has 0 aromatic rings. The fourth-order valence-electron chi connectivity index (χ4n) is 1.60. The highest BCUT2D eigenvalue weighted by Gasteiger charge is 2.21. The summed E-state index contributed by atoms with van der Waals surface area (Å²) in [6.07, 6.45) is 0.1000. The summed E-state index contributed by atoms with van der Waals surface area (Å²) < 4.78 is 5.55. The van der Waals surface area contributed by atoms with E-state index in [-0.39, 0.29) is 24.0 Å². The molecule has 3 atom stereocenters. The van der Waals surface area contributed by atoms with Gasteiger partial charge < -0.3 is 20.7 Å². The SMILES string of the molecule is CC(N)C(C)C(=O)NCC1CN(C)CCO1. The summed E-state index contributed by atoms with van der Waals surface area (Å²) in [7, 11) is 2.06. The van der Waals surface area contributed by atoms with Crippen LogP contribution in [-0.4, -0.2) is 56.2 Å². The molecule has 0 radical (unpaired) electrons. The topological polar surface area (TPSA) is 67.6 Å². The number of rotatable bonds is 4. The van der Waals surface area contributed by atoms with E-state index in [9.17, 15) is 4.79 Å².